The average Bonchev–Trinajstić information content (AvgIpc) is 3.40. The lowest BCUT2D eigenvalue weighted by Gasteiger charge is -2.28. The normalized spacial score (nSPS) is 14.9. The molecule has 0 spiro atoms. The summed E-state index contributed by atoms with van der Waals surface area (Å²) in [7, 11) is -8.71. The third kappa shape index (κ3) is 3.43. The number of nitrogens with zero attached hydrogens (tertiary/aromatic N) is 5. The van der Waals surface area contributed by atoms with Gasteiger partial charge in [-0.15, -0.1) is 10.2 Å². The van der Waals surface area contributed by atoms with Gasteiger partial charge < -0.3 is 14.8 Å². The maximum absolute atomic E-state index is 13.2. The fourth-order valence-corrected chi connectivity index (χ4v) is 6.95. The third-order valence-electron chi connectivity index (χ3n) is 5.46. The number of aromatic amines is 1. The molecule has 5 N–H and O–H groups in total. The number of tetrazole rings is 1. The maximum atomic E-state index is 13.2. The summed E-state index contributed by atoms with van der Waals surface area (Å²) in [6.45, 7) is 0.327. The topological polar surface area (TPSA) is 215 Å². The zero-order valence-electron chi connectivity index (χ0n) is 17.1. The number of carbonyl (C=O) groups is 1. The summed E-state index contributed by atoms with van der Waals surface area (Å²) in [6, 6.07) is 5.72. The van der Waals surface area contributed by atoms with Crippen LogP contribution in [-0.2, 0) is 19.9 Å². The summed E-state index contributed by atoms with van der Waals surface area (Å²) in [5.74, 6) is -1.47. The lowest BCUT2D eigenvalue weighted by atomic mass is 10.00. The average molecular weight is 505 g/mol. The number of hydrogen-bond donors (Lipinski definition) is 4. The third-order valence-corrected chi connectivity index (χ3v) is 8.74. The highest BCUT2D eigenvalue weighted by Crippen LogP contribution is 2.40. The van der Waals surface area contributed by atoms with Crippen molar-refractivity contribution < 1.29 is 26.7 Å². The van der Waals surface area contributed by atoms with E-state index in [0.717, 1.165) is 6.07 Å². The van der Waals surface area contributed by atoms with Gasteiger partial charge in [-0.05, 0) is 29.0 Å². The molecule has 14 nitrogen and oxygen atoms in total. The predicted molar refractivity (Wildman–Crippen MR) is 116 cm³/mol. The van der Waals surface area contributed by atoms with E-state index in [2.05, 4.69) is 30.9 Å². The minimum atomic E-state index is -4.63. The number of primary sulfonamides is 1. The van der Waals surface area contributed by atoms with Gasteiger partial charge in [-0.3, -0.25) is 0 Å². The molecular weight excluding hydrogens is 488 g/mol. The van der Waals surface area contributed by atoms with Gasteiger partial charge in [0.05, 0.1) is 15.7 Å². The molecule has 3 aromatic heterocycles. The molecule has 0 amide bonds. The molecule has 5 rings (SSSR count). The van der Waals surface area contributed by atoms with Gasteiger partial charge in [-0.25, -0.2) is 31.8 Å². The summed E-state index contributed by atoms with van der Waals surface area (Å²) in [6.07, 6.45) is 2.85. The first-order valence-electron chi connectivity index (χ1n) is 9.68. The minimum Gasteiger partial charge on any atom is -0.476 e. The Bertz CT molecular complexity index is 1660. The predicted octanol–water partition coefficient (Wildman–Crippen LogP) is -0.727. The number of sulfonamides is 1. The maximum Gasteiger partial charge on any atom is 0.356 e. The molecule has 16 heteroatoms. The lowest BCUT2D eigenvalue weighted by molar-refractivity contribution is 0.0691. The van der Waals surface area contributed by atoms with E-state index in [-0.39, 0.29) is 41.4 Å². The molecule has 0 aliphatic carbocycles. The number of nitrogens with one attached hydrogen (secondary N) is 2. The van der Waals surface area contributed by atoms with E-state index in [1.165, 1.54) is 16.7 Å². The van der Waals surface area contributed by atoms with Crippen LogP contribution < -0.4 is 10.5 Å². The number of aromatic nitrogens is 6. The second kappa shape index (κ2) is 7.66. The number of nitrogens with two attached hydrogens (primary N) is 1. The van der Waals surface area contributed by atoms with Crippen LogP contribution in [0.3, 0.4) is 0 Å². The lowest BCUT2D eigenvalue weighted by Crippen LogP contribution is -2.51. The van der Waals surface area contributed by atoms with Crippen LogP contribution in [0, 0.1) is 0 Å². The molecule has 1 aromatic carbocycles. The number of fused-ring (bicyclic) bond motifs is 1. The van der Waals surface area contributed by atoms with Crippen LogP contribution in [0.25, 0.3) is 28.2 Å². The van der Waals surface area contributed by atoms with Crippen molar-refractivity contribution in [1.29, 1.82) is 0 Å². The minimum absolute atomic E-state index is 0.164. The molecule has 1 aliphatic heterocycles. The highest BCUT2D eigenvalue weighted by atomic mass is 32.2. The molecule has 0 saturated carbocycles. The summed E-state index contributed by atoms with van der Waals surface area (Å²) in [5.41, 5.74) is 0.219. The smallest absolute Gasteiger partial charge is 0.356 e. The van der Waals surface area contributed by atoms with Crippen molar-refractivity contribution in [3.63, 3.8) is 0 Å². The van der Waals surface area contributed by atoms with Crippen LogP contribution in [0.5, 0.6) is 0 Å². The van der Waals surface area contributed by atoms with Gasteiger partial charge in [0.15, 0.2) is 15.5 Å². The van der Waals surface area contributed by atoms with Crippen LogP contribution in [0.2, 0.25) is 0 Å². The largest absolute Gasteiger partial charge is 0.476 e. The van der Waals surface area contributed by atoms with Gasteiger partial charge in [-0.1, -0.05) is 6.07 Å². The van der Waals surface area contributed by atoms with Gasteiger partial charge in [0.25, 0.3) is 0 Å². The van der Waals surface area contributed by atoms with Gasteiger partial charge in [0, 0.05) is 31.0 Å². The number of imidazole rings is 1. The molecule has 4 heterocycles. The van der Waals surface area contributed by atoms with Gasteiger partial charge in [0.2, 0.25) is 15.8 Å². The van der Waals surface area contributed by atoms with E-state index in [4.69, 9.17) is 5.14 Å². The molecule has 176 valence electrons. The van der Waals surface area contributed by atoms with Gasteiger partial charge >= 0.3 is 5.97 Å². The van der Waals surface area contributed by atoms with Gasteiger partial charge in [-0.2, -0.15) is 5.21 Å². The Morgan fingerprint density at radius 2 is 1.91 bits per heavy atom. The first-order valence-corrected chi connectivity index (χ1v) is 12.8. The molecule has 1 saturated heterocycles. The number of sulfone groups is 1. The van der Waals surface area contributed by atoms with E-state index in [9.17, 15) is 26.7 Å². The Morgan fingerprint density at radius 3 is 2.50 bits per heavy atom. The highest BCUT2D eigenvalue weighted by Gasteiger charge is 2.39. The summed E-state index contributed by atoms with van der Waals surface area (Å²) >= 11 is 0. The number of H-pyrrole nitrogens is 1. The summed E-state index contributed by atoms with van der Waals surface area (Å²) in [4.78, 5) is 14.4. The zero-order valence-corrected chi connectivity index (χ0v) is 18.7. The number of hydrogen-bond acceptors (Lipinski definition) is 10. The van der Waals surface area contributed by atoms with Crippen molar-refractivity contribution in [1.82, 2.24) is 35.3 Å². The summed E-state index contributed by atoms with van der Waals surface area (Å²) < 4.78 is 53.5. The van der Waals surface area contributed by atoms with Crippen molar-refractivity contribution >= 4 is 31.5 Å². The Hall–Kier alpha value is -3.73. The Labute approximate surface area is 191 Å². The molecule has 1 fully saturated rings. The molecule has 0 radical (unpaired) electrons. The van der Waals surface area contributed by atoms with E-state index < -0.39 is 40.9 Å². The number of pyridine rings is 1. The number of aromatic carboxylic acids is 1. The Balaban J connectivity index is 1.89. The van der Waals surface area contributed by atoms with Gasteiger partial charge in [0.1, 0.15) is 10.5 Å². The van der Waals surface area contributed by atoms with Crippen LogP contribution in [0.15, 0.2) is 46.5 Å². The number of carboxylic acid groups (broad SMARTS) is 1. The van der Waals surface area contributed by atoms with Crippen LogP contribution in [0.1, 0.15) is 10.5 Å². The standard InChI is InChI=1S/C18H16N8O6S2/c19-34(31,32)15-13(33(29,30)9-6-20-7-9)4-3-10(14(15)16-22-24-25-23-16)11-2-1-5-26-8-12(18(27)28)21-17(11)26/h1-5,8-9,20H,6-7H2,(H,27,28)(H2,19,31,32)(H,22,23,24,25). The fourth-order valence-electron chi connectivity index (χ4n) is 3.77. The first-order chi connectivity index (χ1) is 16.1. The Kier molecular flexibility index (Phi) is 4.97. The van der Waals surface area contributed by atoms with Crippen molar-refractivity contribution in [2.24, 2.45) is 5.14 Å². The molecular formula is C18H16N8O6S2. The number of rotatable bonds is 6. The molecule has 0 bridgehead atoms. The van der Waals surface area contributed by atoms with E-state index in [1.807, 2.05) is 0 Å². The van der Waals surface area contributed by atoms with Crippen molar-refractivity contribution in [3.05, 3.63) is 42.4 Å². The van der Waals surface area contributed by atoms with Crippen LogP contribution in [-0.4, -0.2) is 76.3 Å². The second-order valence-corrected chi connectivity index (χ2v) is 11.2. The zero-order chi connectivity index (χ0) is 24.3. The summed E-state index contributed by atoms with van der Waals surface area (Å²) in [5, 5.41) is 30.3. The van der Waals surface area contributed by atoms with E-state index in [0.29, 0.717) is 5.56 Å². The number of benzene rings is 1. The SMILES string of the molecule is NS(=O)(=O)c1c(S(=O)(=O)C2CNC2)ccc(-c2cccn3cc(C(=O)O)nc23)c1-c1nn[nH]n1. The number of carboxylic acids is 1. The molecule has 0 unspecified atom stereocenters. The monoisotopic (exact) mass is 504 g/mol. The van der Waals surface area contributed by atoms with Crippen molar-refractivity contribution in [2.75, 3.05) is 13.1 Å². The van der Waals surface area contributed by atoms with E-state index in [1.54, 1.807) is 18.3 Å². The van der Waals surface area contributed by atoms with Crippen LogP contribution in [0.4, 0.5) is 0 Å². The molecule has 4 aromatic rings. The van der Waals surface area contributed by atoms with Crippen LogP contribution >= 0.6 is 0 Å². The Morgan fingerprint density at radius 1 is 1.15 bits per heavy atom. The first kappa shape index (κ1) is 22.1. The quantitative estimate of drug-likeness (QED) is 0.257. The van der Waals surface area contributed by atoms with E-state index >= 15 is 0 Å². The molecule has 34 heavy (non-hydrogen) atoms. The van der Waals surface area contributed by atoms with Crippen molar-refractivity contribution in [3.8, 4) is 22.5 Å². The molecule has 0 atom stereocenters. The fraction of sp³-hybridized carbons (Fsp3) is 0.167. The highest BCUT2D eigenvalue weighted by molar-refractivity contribution is 7.94. The molecule has 1 aliphatic rings. The van der Waals surface area contributed by atoms with Crippen molar-refractivity contribution in [2.45, 2.75) is 15.0 Å². The second-order valence-electron chi connectivity index (χ2n) is 7.51.